The molecule has 1 rings (SSSR count). The van der Waals surface area contributed by atoms with Gasteiger partial charge in [-0.25, -0.2) is 4.79 Å². The highest BCUT2D eigenvalue weighted by Gasteiger charge is 2.01. The third-order valence-electron chi connectivity index (χ3n) is 3.28. The fourth-order valence-corrected chi connectivity index (χ4v) is 2.07. The second kappa shape index (κ2) is 10.2. The second-order valence-corrected chi connectivity index (χ2v) is 5.27. The maximum absolute atomic E-state index is 11.1. The minimum absolute atomic E-state index is 0.270. The highest BCUT2D eigenvalue weighted by atomic mass is 16.5. The molecule has 1 aromatic rings. The van der Waals surface area contributed by atoms with E-state index in [1.54, 1.807) is 6.92 Å². The number of hydrogen-bond acceptors (Lipinski definition) is 2. The number of ether oxygens (including phenoxy) is 1. The molecule has 0 saturated carbocycles. The van der Waals surface area contributed by atoms with Crippen LogP contribution in [0.4, 0.5) is 0 Å². The van der Waals surface area contributed by atoms with Gasteiger partial charge in [-0.15, -0.1) is 0 Å². The Morgan fingerprint density at radius 1 is 1.00 bits per heavy atom. The van der Waals surface area contributed by atoms with Crippen LogP contribution in [0.15, 0.2) is 42.5 Å². The van der Waals surface area contributed by atoms with Crippen LogP contribution in [0.5, 0.6) is 0 Å². The third kappa shape index (κ3) is 7.78. The maximum atomic E-state index is 11.1. The van der Waals surface area contributed by atoms with E-state index in [9.17, 15) is 4.79 Å². The fraction of sp³-hybridized carbons (Fsp3) is 0.500. The van der Waals surface area contributed by atoms with Crippen LogP contribution in [0.1, 0.15) is 51.0 Å². The molecule has 0 aromatic heterocycles. The molecule has 0 aliphatic rings. The Hall–Kier alpha value is -1.57. The molecule has 0 radical (unpaired) electrons. The van der Waals surface area contributed by atoms with Gasteiger partial charge in [-0.05, 0) is 31.7 Å². The molecular weight excluding hydrogens is 248 g/mol. The quantitative estimate of drug-likeness (QED) is 0.351. The lowest BCUT2D eigenvalue weighted by Gasteiger charge is -2.04. The van der Waals surface area contributed by atoms with Crippen LogP contribution in [0.3, 0.4) is 0 Å². The number of rotatable bonds is 10. The van der Waals surface area contributed by atoms with Gasteiger partial charge in [-0.1, -0.05) is 62.6 Å². The van der Waals surface area contributed by atoms with Gasteiger partial charge in [0.15, 0.2) is 0 Å². The van der Waals surface area contributed by atoms with Gasteiger partial charge >= 0.3 is 5.97 Å². The molecule has 0 amide bonds. The molecule has 110 valence electrons. The van der Waals surface area contributed by atoms with Crippen molar-refractivity contribution >= 4 is 5.97 Å². The summed E-state index contributed by atoms with van der Waals surface area (Å²) in [6.07, 6.45) is 8.29. The van der Waals surface area contributed by atoms with Crippen LogP contribution in [0.2, 0.25) is 0 Å². The fourth-order valence-electron chi connectivity index (χ4n) is 2.07. The number of hydrogen-bond donors (Lipinski definition) is 0. The van der Waals surface area contributed by atoms with E-state index in [1.165, 1.54) is 37.7 Å². The van der Waals surface area contributed by atoms with E-state index in [0.29, 0.717) is 12.2 Å². The normalized spacial score (nSPS) is 10.2. The smallest absolute Gasteiger partial charge is 0.333 e. The summed E-state index contributed by atoms with van der Waals surface area (Å²) in [5.74, 6) is -0.270. The first-order valence-electron chi connectivity index (χ1n) is 7.56. The van der Waals surface area contributed by atoms with Crippen LogP contribution in [-0.2, 0) is 16.0 Å². The van der Waals surface area contributed by atoms with Gasteiger partial charge < -0.3 is 4.74 Å². The largest absolute Gasteiger partial charge is 0.462 e. The molecule has 2 nitrogen and oxygen atoms in total. The molecule has 0 saturated heterocycles. The summed E-state index contributed by atoms with van der Waals surface area (Å²) in [4.78, 5) is 11.1. The van der Waals surface area contributed by atoms with Gasteiger partial charge in [-0.2, -0.15) is 0 Å². The van der Waals surface area contributed by atoms with E-state index < -0.39 is 0 Å². The topological polar surface area (TPSA) is 26.3 Å². The van der Waals surface area contributed by atoms with E-state index in [1.807, 2.05) is 0 Å². The number of carbonyl (C=O) groups is 1. The van der Waals surface area contributed by atoms with Crippen molar-refractivity contribution in [1.29, 1.82) is 0 Å². The Morgan fingerprint density at radius 2 is 1.60 bits per heavy atom. The monoisotopic (exact) mass is 274 g/mol. The van der Waals surface area contributed by atoms with Gasteiger partial charge in [0.2, 0.25) is 0 Å². The van der Waals surface area contributed by atoms with Crippen LogP contribution in [0.25, 0.3) is 0 Å². The Morgan fingerprint density at radius 3 is 2.25 bits per heavy atom. The van der Waals surface area contributed by atoms with E-state index in [0.717, 1.165) is 12.8 Å². The van der Waals surface area contributed by atoms with E-state index >= 15 is 0 Å². The van der Waals surface area contributed by atoms with Gasteiger partial charge in [0.1, 0.15) is 0 Å². The summed E-state index contributed by atoms with van der Waals surface area (Å²) in [5, 5.41) is 0. The first-order chi connectivity index (χ1) is 9.70. The van der Waals surface area contributed by atoms with Crippen molar-refractivity contribution in [2.45, 2.75) is 51.9 Å². The number of carbonyl (C=O) groups excluding carboxylic acids is 1. The molecule has 0 aliphatic heterocycles. The van der Waals surface area contributed by atoms with E-state index in [4.69, 9.17) is 4.74 Å². The molecule has 0 atom stereocenters. The van der Waals surface area contributed by atoms with Crippen molar-refractivity contribution < 1.29 is 9.53 Å². The summed E-state index contributed by atoms with van der Waals surface area (Å²) < 4.78 is 5.05. The lowest BCUT2D eigenvalue weighted by atomic mass is 10.1. The molecule has 0 heterocycles. The van der Waals surface area contributed by atoms with E-state index in [2.05, 4.69) is 36.9 Å². The molecule has 0 aliphatic carbocycles. The van der Waals surface area contributed by atoms with Crippen molar-refractivity contribution in [2.24, 2.45) is 0 Å². The van der Waals surface area contributed by atoms with Gasteiger partial charge in [0.05, 0.1) is 6.61 Å². The Balaban J connectivity index is 1.88. The Labute approximate surface area is 122 Å². The highest BCUT2D eigenvalue weighted by Crippen LogP contribution is 2.10. The standard InChI is InChI=1S/C18H26O2/c1-16(2)18(19)20-15-11-6-4-3-5-8-12-17-13-9-7-10-14-17/h7,9-10,13-14H,1,3-6,8,11-12,15H2,2H3. The first-order valence-corrected chi connectivity index (χ1v) is 7.56. The summed E-state index contributed by atoms with van der Waals surface area (Å²) in [7, 11) is 0. The lowest BCUT2D eigenvalue weighted by molar-refractivity contribution is -0.139. The molecule has 1 aromatic carbocycles. The number of benzene rings is 1. The van der Waals surface area contributed by atoms with Crippen molar-refractivity contribution in [1.82, 2.24) is 0 Å². The van der Waals surface area contributed by atoms with Gasteiger partial charge in [-0.3, -0.25) is 0 Å². The van der Waals surface area contributed by atoms with Crippen molar-refractivity contribution in [2.75, 3.05) is 6.61 Å². The highest BCUT2D eigenvalue weighted by molar-refractivity contribution is 5.86. The molecule has 20 heavy (non-hydrogen) atoms. The van der Waals surface area contributed by atoms with Crippen molar-refractivity contribution in [3.63, 3.8) is 0 Å². The molecular formula is C18H26O2. The molecule has 0 bridgehead atoms. The molecule has 0 fully saturated rings. The average Bonchev–Trinajstić information content (AvgIpc) is 2.46. The summed E-state index contributed by atoms with van der Waals surface area (Å²) in [6.45, 7) is 5.75. The summed E-state index contributed by atoms with van der Waals surface area (Å²) in [5.41, 5.74) is 1.91. The van der Waals surface area contributed by atoms with Crippen molar-refractivity contribution in [3.05, 3.63) is 48.0 Å². The van der Waals surface area contributed by atoms with Crippen LogP contribution >= 0.6 is 0 Å². The molecule has 0 N–H and O–H groups in total. The minimum Gasteiger partial charge on any atom is -0.462 e. The first kappa shape index (κ1) is 16.5. The van der Waals surface area contributed by atoms with Gasteiger partial charge in [0.25, 0.3) is 0 Å². The minimum atomic E-state index is -0.270. The lowest BCUT2D eigenvalue weighted by Crippen LogP contribution is -2.05. The van der Waals surface area contributed by atoms with Gasteiger partial charge in [0, 0.05) is 5.57 Å². The Kier molecular flexibility index (Phi) is 8.44. The molecule has 2 heteroatoms. The number of unbranched alkanes of at least 4 members (excludes halogenated alkanes) is 5. The maximum Gasteiger partial charge on any atom is 0.333 e. The van der Waals surface area contributed by atoms with Crippen LogP contribution in [0, 0.1) is 0 Å². The zero-order valence-electron chi connectivity index (χ0n) is 12.6. The molecule has 0 unspecified atom stereocenters. The van der Waals surface area contributed by atoms with E-state index in [-0.39, 0.29) is 5.97 Å². The number of esters is 1. The SMILES string of the molecule is C=C(C)C(=O)OCCCCCCCCc1ccccc1. The predicted molar refractivity (Wildman–Crippen MR) is 83.6 cm³/mol. The third-order valence-corrected chi connectivity index (χ3v) is 3.28. The summed E-state index contributed by atoms with van der Waals surface area (Å²) >= 11 is 0. The Bertz CT molecular complexity index is 395. The average molecular weight is 274 g/mol. The number of aryl methyl sites for hydroxylation is 1. The predicted octanol–water partition coefficient (Wildman–Crippen LogP) is 4.69. The molecule has 0 spiro atoms. The van der Waals surface area contributed by atoms with Crippen molar-refractivity contribution in [3.8, 4) is 0 Å². The zero-order chi connectivity index (χ0) is 14.6. The second-order valence-electron chi connectivity index (χ2n) is 5.27. The zero-order valence-corrected chi connectivity index (χ0v) is 12.6. The summed E-state index contributed by atoms with van der Waals surface area (Å²) in [6, 6.07) is 10.6. The van der Waals surface area contributed by atoms with Crippen LogP contribution < -0.4 is 0 Å². The van der Waals surface area contributed by atoms with Crippen LogP contribution in [-0.4, -0.2) is 12.6 Å².